The summed E-state index contributed by atoms with van der Waals surface area (Å²) in [6.07, 6.45) is 0. The molecule has 0 fully saturated rings. The Morgan fingerprint density at radius 2 is 2.15 bits per heavy atom. The second-order valence-corrected chi connectivity index (χ2v) is 5.45. The fourth-order valence-electron chi connectivity index (χ4n) is 2.58. The molecular weight excluding hydrogens is 338 g/mol. The Morgan fingerprint density at radius 1 is 1.35 bits per heavy atom. The van der Waals surface area contributed by atoms with Crippen molar-refractivity contribution in [2.45, 2.75) is 6.61 Å². The van der Waals surface area contributed by atoms with E-state index in [-0.39, 0.29) is 6.61 Å². The summed E-state index contributed by atoms with van der Waals surface area (Å²) in [5, 5.41) is 16.8. The van der Waals surface area contributed by atoms with Crippen molar-refractivity contribution in [2.24, 2.45) is 5.16 Å². The van der Waals surface area contributed by atoms with Gasteiger partial charge in [-0.2, -0.15) is 5.06 Å². The second-order valence-electron chi connectivity index (χ2n) is 5.45. The van der Waals surface area contributed by atoms with Crippen molar-refractivity contribution in [3.63, 3.8) is 0 Å². The minimum atomic E-state index is -0.631. The zero-order chi connectivity index (χ0) is 18.5. The zero-order valence-electron chi connectivity index (χ0n) is 14.4. The molecule has 0 radical (unpaired) electrons. The molecule has 26 heavy (non-hydrogen) atoms. The molecule has 1 heterocycles. The van der Waals surface area contributed by atoms with Crippen molar-refractivity contribution < 1.29 is 24.3 Å². The van der Waals surface area contributed by atoms with Gasteiger partial charge in [-0.15, -0.1) is 0 Å². The fourth-order valence-corrected chi connectivity index (χ4v) is 2.58. The number of rotatable bonds is 5. The highest BCUT2D eigenvalue weighted by Crippen LogP contribution is 2.31. The predicted molar refractivity (Wildman–Crippen MR) is 95.0 cm³/mol. The molecule has 0 aliphatic carbocycles. The number of ether oxygens (including phenoxy) is 2. The number of para-hydroxylation sites is 1. The van der Waals surface area contributed by atoms with Crippen LogP contribution in [0.25, 0.3) is 0 Å². The van der Waals surface area contributed by atoms with Gasteiger partial charge in [0, 0.05) is 24.2 Å². The lowest BCUT2D eigenvalue weighted by Gasteiger charge is -2.18. The summed E-state index contributed by atoms with van der Waals surface area (Å²) >= 11 is 0. The monoisotopic (exact) mass is 357 g/mol. The number of anilines is 1. The lowest BCUT2D eigenvalue weighted by atomic mass is 10.1. The van der Waals surface area contributed by atoms with Gasteiger partial charge in [0.1, 0.15) is 37.5 Å². The third-order valence-corrected chi connectivity index (χ3v) is 3.85. The quantitative estimate of drug-likeness (QED) is 0.634. The van der Waals surface area contributed by atoms with Crippen LogP contribution in [0.5, 0.6) is 11.5 Å². The molecule has 0 saturated heterocycles. The summed E-state index contributed by atoms with van der Waals surface area (Å²) in [6.45, 7) is 0.517. The number of nitrogens with one attached hydrogen (secondary N) is 1. The van der Waals surface area contributed by atoms with E-state index in [4.69, 9.17) is 14.3 Å². The van der Waals surface area contributed by atoms with Crippen molar-refractivity contribution in [1.29, 1.82) is 0 Å². The maximum atomic E-state index is 11.6. The number of hydroxylamine groups is 1. The number of hydrogen-bond donors (Lipinski definition) is 2. The van der Waals surface area contributed by atoms with Crippen molar-refractivity contribution >= 4 is 17.4 Å². The van der Waals surface area contributed by atoms with E-state index in [1.165, 1.54) is 14.2 Å². The topological polar surface area (TPSA) is 92.6 Å². The summed E-state index contributed by atoms with van der Waals surface area (Å²) in [6, 6.07) is 11.7. The van der Waals surface area contributed by atoms with Crippen LogP contribution in [0.1, 0.15) is 11.1 Å². The molecule has 1 aliphatic rings. The molecule has 8 nitrogen and oxygen atoms in total. The van der Waals surface area contributed by atoms with Gasteiger partial charge in [-0.25, -0.2) is 4.79 Å². The first-order valence-corrected chi connectivity index (χ1v) is 7.92. The molecule has 2 aromatic carbocycles. The Balaban J connectivity index is 1.75. The molecule has 0 unspecified atom stereocenters. The van der Waals surface area contributed by atoms with E-state index in [0.717, 1.165) is 11.3 Å². The number of amides is 2. The standard InChI is InChI=1S/C18H19N3O5/c1-19-18(22)21(23)16-6-4-3-5-12(16)10-25-13-7-8-14-15(20-24-2)11-26-17(14)9-13/h3-9,23H,10-11H2,1-2H3,(H,19,22)/b20-15+. The Kier molecular flexibility index (Phi) is 5.23. The van der Waals surface area contributed by atoms with Crippen molar-refractivity contribution in [3.8, 4) is 11.5 Å². The highest BCUT2D eigenvalue weighted by Gasteiger charge is 2.21. The molecule has 1 aliphatic heterocycles. The molecule has 2 amide bonds. The van der Waals surface area contributed by atoms with E-state index in [0.29, 0.717) is 34.4 Å². The second kappa shape index (κ2) is 7.75. The number of hydrogen-bond acceptors (Lipinski definition) is 6. The average Bonchev–Trinajstić information content (AvgIpc) is 3.08. The summed E-state index contributed by atoms with van der Waals surface area (Å²) in [5.41, 5.74) is 2.59. The van der Waals surface area contributed by atoms with E-state index in [2.05, 4.69) is 10.5 Å². The summed E-state index contributed by atoms with van der Waals surface area (Å²) < 4.78 is 11.4. The Labute approximate surface area is 150 Å². The smallest absolute Gasteiger partial charge is 0.345 e. The van der Waals surface area contributed by atoms with Crippen LogP contribution in [-0.2, 0) is 11.4 Å². The van der Waals surface area contributed by atoms with Gasteiger partial charge in [-0.05, 0) is 18.2 Å². The number of carbonyl (C=O) groups excluding carboxylic acids is 1. The molecule has 2 N–H and O–H groups in total. The lowest BCUT2D eigenvalue weighted by Crippen LogP contribution is -2.36. The van der Waals surface area contributed by atoms with Gasteiger partial charge in [0.15, 0.2) is 0 Å². The zero-order valence-corrected chi connectivity index (χ0v) is 14.4. The minimum Gasteiger partial charge on any atom is -0.489 e. The van der Waals surface area contributed by atoms with Crippen molar-refractivity contribution in [3.05, 3.63) is 53.6 Å². The molecule has 3 rings (SSSR count). The molecule has 8 heteroatoms. The SMILES string of the molecule is CNC(=O)N(O)c1ccccc1COc1ccc2c(c1)OC/C2=N\OC. The van der Waals surface area contributed by atoms with Gasteiger partial charge in [-0.3, -0.25) is 5.21 Å². The Morgan fingerprint density at radius 3 is 2.92 bits per heavy atom. The summed E-state index contributed by atoms with van der Waals surface area (Å²) in [5.74, 6) is 1.27. The van der Waals surface area contributed by atoms with E-state index in [9.17, 15) is 10.0 Å². The maximum Gasteiger partial charge on any atom is 0.345 e. The van der Waals surface area contributed by atoms with Crippen LogP contribution in [0.4, 0.5) is 10.5 Å². The highest BCUT2D eigenvalue weighted by atomic mass is 16.6. The molecule has 0 bridgehead atoms. The normalized spacial score (nSPS) is 13.7. The number of nitrogens with zero attached hydrogens (tertiary/aromatic N) is 2. The third kappa shape index (κ3) is 3.55. The van der Waals surface area contributed by atoms with Gasteiger partial charge >= 0.3 is 6.03 Å². The number of urea groups is 1. The van der Waals surface area contributed by atoms with Crippen LogP contribution in [0.15, 0.2) is 47.6 Å². The third-order valence-electron chi connectivity index (χ3n) is 3.85. The van der Waals surface area contributed by atoms with Crippen LogP contribution in [-0.4, -0.2) is 37.7 Å². The molecule has 2 aromatic rings. The number of fused-ring (bicyclic) bond motifs is 1. The van der Waals surface area contributed by atoms with E-state index in [1.807, 2.05) is 6.07 Å². The van der Waals surface area contributed by atoms with Crippen LogP contribution >= 0.6 is 0 Å². The van der Waals surface area contributed by atoms with E-state index in [1.54, 1.807) is 36.4 Å². The largest absolute Gasteiger partial charge is 0.489 e. The molecule has 0 saturated carbocycles. The van der Waals surface area contributed by atoms with Crippen LogP contribution < -0.4 is 19.9 Å². The number of oxime groups is 1. The molecule has 0 spiro atoms. The van der Waals surface area contributed by atoms with Gasteiger partial charge < -0.3 is 19.6 Å². The molecule has 136 valence electrons. The summed E-state index contributed by atoms with van der Waals surface area (Å²) in [7, 11) is 2.93. The molecule has 0 aromatic heterocycles. The predicted octanol–water partition coefficient (Wildman–Crippen LogP) is 2.54. The van der Waals surface area contributed by atoms with E-state index >= 15 is 0 Å². The molecular formula is C18H19N3O5. The first-order valence-electron chi connectivity index (χ1n) is 7.92. The van der Waals surface area contributed by atoms with Gasteiger partial charge in [-0.1, -0.05) is 23.4 Å². The lowest BCUT2D eigenvalue weighted by molar-refractivity contribution is 0.205. The first kappa shape index (κ1) is 17.6. The van der Waals surface area contributed by atoms with E-state index < -0.39 is 6.03 Å². The van der Waals surface area contributed by atoms with Crippen LogP contribution in [0.2, 0.25) is 0 Å². The summed E-state index contributed by atoms with van der Waals surface area (Å²) in [4.78, 5) is 16.4. The van der Waals surface area contributed by atoms with Crippen molar-refractivity contribution in [2.75, 3.05) is 25.8 Å². The first-order chi connectivity index (χ1) is 12.6. The van der Waals surface area contributed by atoms with Crippen LogP contribution in [0.3, 0.4) is 0 Å². The van der Waals surface area contributed by atoms with Gasteiger partial charge in [0.25, 0.3) is 0 Å². The highest BCUT2D eigenvalue weighted by molar-refractivity contribution is 6.06. The Hall–Kier alpha value is -3.26. The number of carbonyl (C=O) groups is 1. The number of benzene rings is 2. The molecule has 0 atom stereocenters. The minimum absolute atomic E-state index is 0.169. The van der Waals surface area contributed by atoms with Crippen molar-refractivity contribution in [1.82, 2.24) is 5.32 Å². The Bertz CT molecular complexity index is 837. The fraction of sp³-hybridized carbons (Fsp3) is 0.222. The van der Waals surface area contributed by atoms with Crippen LogP contribution in [0, 0.1) is 0 Å². The van der Waals surface area contributed by atoms with Gasteiger partial charge in [0.2, 0.25) is 0 Å². The van der Waals surface area contributed by atoms with Gasteiger partial charge in [0.05, 0.1) is 5.69 Å². The maximum absolute atomic E-state index is 11.6. The average molecular weight is 357 g/mol.